The maximum atomic E-state index is 12.1. The Morgan fingerprint density at radius 1 is 1.04 bits per heavy atom. The van der Waals surface area contributed by atoms with Crippen LogP contribution in [0, 0.1) is 0 Å². The predicted octanol–water partition coefficient (Wildman–Crippen LogP) is 3.78. The third kappa shape index (κ3) is 4.13. The summed E-state index contributed by atoms with van der Waals surface area (Å²) >= 11 is 0. The van der Waals surface area contributed by atoms with Crippen LogP contribution in [0.5, 0.6) is 17.2 Å². The van der Waals surface area contributed by atoms with Gasteiger partial charge in [0.25, 0.3) is 0 Å². The molecule has 1 saturated heterocycles. The van der Waals surface area contributed by atoms with Crippen molar-refractivity contribution in [2.75, 3.05) is 21.3 Å². The van der Waals surface area contributed by atoms with E-state index in [4.69, 9.17) is 14.2 Å². The van der Waals surface area contributed by atoms with Crippen LogP contribution < -0.4 is 14.2 Å². The second-order valence-electron chi connectivity index (χ2n) is 6.24. The molecule has 1 aliphatic rings. The number of rotatable bonds is 10. The number of unbranched alkanes of at least 4 members (excludes halogenated alkanes) is 3. The molecule has 2 rings (SSSR count). The van der Waals surface area contributed by atoms with Crippen molar-refractivity contribution in [1.29, 1.82) is 0 Å². The lowest BCUT2D eigenvalue weighted by Crippen LogP contribution is -2.51. The largest absolute Gasteiger partial charge is 0.496 e. The SMILES string of the molecule is CCCCCC[C@H]1CC(=O)N1Cc1c(OC)cc(OC)cc1OC. The number of carbonyl (C=O) groups is 1. The molecule has 1 aliphatic heterocycles. The van der Waals surface area contributed by atoms with Crippen molar-refractivity contribution in [2.24, 2.45) is 0 Å². The highest BCUT2D eigenvalue weighted by molar-refractivity contribution is 5.83. The van der Waals surface area contributed by atoms with Crippen LogP contribution in [0.25, 0.3) is 0 Å². The van der Waals surface area contributed by atoms with E-state index in [-0.39, 0.29) is 5.91 Å². The standard InChI is InChI=1S/C19H29NO4/c1-5-6-7-8-9-14-10-19(21)20(14)13-16-17(23-3)11-15(22-2)12-18(16)24-4/h11-12,14H,5-10,13H2,1-4H3/t14-/m0/s1. The quantitative estimate of drug-likeness (QED) is 0.482. The lowest BCUT2D eigenvalue weighted by atomic mass is 9.94. The Kier molecular flexibility index (Phi) is 6.76. The smallest absolute Gasteiger partial charge is 0.225 e. The summed E-state index contributed by atoms with van der Waals surface area (Å²) in [6.07, 6.45) is 6.65. The number of ether oxygens (including phenoxy) is 3. The van der Waals surface area contributed by atoms with Crippen molar-refractivity contribution in [3.63, 3.8) is 0 Å². The Bertz CT molecular complexity index is 533. The lowest BCUT2D eigenvalue weighted by molar-refractivity contribution is -0.147. The fourth-order valence-corrected chi connectivity index (χ4v) is 3.21. The summed E-state index contributed by atoms with van der Waals surface area (Å²) in [6.45, 7) is 2.73. The molecule has 1 fully saturated rings. The van der Waals surface area contributed by atoms with E-state index in [1.807, 2.05) is 17.0 Å². The molecule has 5 nitrogen and oxygen atoms in total. The molecule has 0 radical (unpaired) electrons. The first-order chi connectivity index (χ1) is 11.6. The summed E-state index contributed by atoms with van der Waals surface area (Å²) in [5, 5.41) is 0. The van der Waals surface area contributed by atoms with Crippen LogP contribution in [0.15, 0.2) is 12.1 Å². The van der Waals surface area contributed by atoms with Gasteiger partial charge in [-0.25, -0.2) is 0 Å². The molecular weight excluding hydrogens is 306 g/mol. The Labute approximate surface area is 144 Å². The average Bonchev–Trinajstić information content (AvgIpc) is 2.61. The minimum absolute atomic E-state index is 0.204. The van der Waals surface area contributed by atoms with Crippen molar-refractivity contribution in [2.45, 2.75) is 58.0 Å². The van der Waals surface area contributed by atoms with Gasteiger partial charge in [-0.1, -0.05) is 32.6 Å². The monoisotopic (exact) mass is 335 g/mol. The van der Waals surface area contributed by atoms with E-state index in [2.05, 4.69) is 6.92 Å². The van der Waals surface area contributed by atoms with Gasteiger partial charge < -0.3 is 19.1 Å². The maximum Gasteiger partial charge on any atom is 0.225 e. The van der Waals surface area contributed by atoms with Gasteiger partial charge in [-0.2, -0.15) is 0 Å². The van der Waals surface area contributed by atoms with E-state index < -0.39 is 0 Å². The molecular formula is C19H29NO4. The Morgan fingerprint density at radius 3 is 2.21 bits per heavy atom. The number of nitrogens with zero attached hydrogens (tertiary/aromatic N) is 1. The first kappa shape index (κ1) is 18.4. The molecule has 1 aromatic carbocycles. The molecule has 1 atom stereocenters. The van der Waals surface area contributed by atoms with Crippen molar-refractivity contribution < 1.29 is 19.0 Å². The van der Waals surface area contributed by atoms with Gasteiger partial charge in [-0.3, -0.25) is 4.79 Å². The van der Waals surface area contributed by atoms with Crippen LogP contribution in [0.2, 0.25) is 0 Å². The second-order valence-corrected chi connectivity index (χ2v) is 6.24. The molecule has 0 aliphatic carbocycles. The summed E-state index contributed by atoms with van der Waals surface area (Å²) in [4.78, 5) is 14.0. The number of β-lactam (4-membered cyclic amide) rings is 1. The number of likely N-dealkylation sites (tertiary alicyclic amines) is 1. The van der Waals surface area contributed by atoms with Gasteiger partial charge in [0.05, 0.1) is 33.4 Å². The molecule has 1 aromatic rings. The fourth-order valence-electron chi connectivity index (χ4n) is 3.21. The van der Waals surface area contributed by atoms with Crippen LogP contribution in [0.4, 0.5) is 0 Å². The van der Waals surface area contributed by atoms with E-state index >= 15 is 0 Å². The van der Waals surface area contributed by atoms with Crippen LogP contribution >= 0.6 is 0 Å². The molecule has 0 aromatic heterocycles. The average molecular weight is 335 g/mol. The predicted molar refractivity (Wildman–Crippen MR) is 93.8 cm³/mol. The molecule has 0 spiro atoms. The number of hydrogen-bond donors (Lipinski definition) is 0. The summed E-state index contributed by atoms with van der Waals surface area (Å²) in [7, 11) is 4.86. The zero-order valence-electron chi connectivity index (χ0n) is 15.3. The van der Waals surface area contributed by atoms with Crippen molar-refractivity contribution in [3.8, 4) is 17.2 Å². The zero-order chi connectivity index (χ0) is 17.5. The highest BCUT2D eigenvalue weighted by Crippen LogP contribution is 2.37. The highest BCUT2D eigenvalue weighted by atomic mass is 16.5. The molecule has 0 saturated carbocycles. The van der Waals surface area contributed by atoms with Crippen LogP contribution in [-0.4, -0.2) is 38.2 Å². The second kappa shape index (κ2) is 8.81. The molecule has 134 valence electrons. The summed E-state index contributed by atoms with van der Waals surface area (Å²) in [6, 6.07) is 4.00. The zero-order valence-corrected chi connectivity index (χ0v) is 15.3. The first-order valence-corrected chi connectivity index (χ1v) is 8.72. The fraction of sp³-hybridized carbons (Fsp3) is 0.632. The van der Waals surface area contributed by atoms with E-state index in [0.29, 0.717) is 36.3 Å². The van der Waals surface area contributed by atoms with Crippen molar-refractivity contribution in [3.05, 3.63) is 17.7 Å². The third-order valence-corrected chi connectivity index (χ3v) is 4.71. The van der Waals surface area contributed by atoms with Gasteiger partial charge in [0.2, 0.25) is 5.91 Å². The molecule has 5 heteroatoms. The maximum absolute atomic E-state index is 12.1. The topological polar surface area (TPSA) is 48.0 Å². The summed E-state index contributed by atoms with van der Waals surface area (Å²) in [5.41, 5.74) is 0.896. The van der Waals surface area contributed by atoms with Crippen LogP contribution in [-0.2, 0) is 11.3 Å². The number of carbonyl (C=O) groups excluding carboxylic acids is 1. The molecule has 0 bridgehead atoms. The van der Waals surface area contributed by atoms with E-state index in [9.17, 15) is 4.79 Å². The van der Waals surface area contributed by atoms with E-state index in [1.54, 1.807) is 21.3 Å². The van der Waals surface area contributed by atoms with Crippen molar-refractivity contribution >= 4 is 5.91 Å². The minimum Gasteiger partial charge on any atom is -0.496 e. The highest BCUT2D eigenvalue weighted by Gasteiger charge is 2.36. The van der Waals surface area contributed by atoms with Crippen LogP contribution in [0.3, 0.4) is 0 Å². The summed E-state index contributed by atoms with van der Waals surface area (Å²) < 4.78 is 16.2. The summed E-state index contributed by atoms with van der Waals surface area (Å²) in [5.74, 6) is 2.26. The number of methoxy groups -OCH3 is 3. The van der Waals surface area contributed by atoms with Gasteiger partial charge in [-0.05, 0) is 6.42 Å². The van der Waals surface area contributed by atoms with Gasteiger partial charge in [-0.15, -0.1) is 0 Å². The van der Waals surface area contributed by atoms with Gasteiger partial charge in [0.1, 0.15) is 17.2 Å². The van der Waals surface area contributed by atoms with Crippen molar-refractivity contribution in [1.82, 2.24) is 4.90 Å². The Morgan fingerprint density at radius 2 is 1.71 bits per heavy atom. The normalized spacial score (nSPS) is 16.8. The third-order valence-electron chi connectivity index (χ3n) is 4.71. The van der Waals surface area contributed by atoms with Gasteiger partial charge in [0.15, 0.2) is 0 Å². The Hall–Kier alpha value is -1.91. The molecule has 0 N–H and O–H groups in total. The molecule has 1 amide bonds. The van der Waals surface area contributed by atoms with E-state index in [0.717, 1.165) is 12.0 Å². The number of benzene rings is 1. The molecule has 24 heavy (non-hydrogen) atoms. The van der Waals surface area contributed by atoms with Gasteiger partial charge >= 0.3 is 0 Å². The number of amides is 1. The van der Waals surface area contributed by atoms with Gasteiger partial charge in [0, 0.05) is 24.6 Å². The number of hydrogen-bond acceptors (Lipinski definition) is 4. The lowest BCUT2D eigenvalue weighted by Gasteiger charge is -2.41. The molecule has 1 heterocycles. The minimum atomic E-state index is 0.204. The van der Waals surface area contributed by atoms with Crippen LogP contribution in [0.1, 0.15) is 51.0 Å². The van der Waals surface area contributed by atoms with E-state index in [1.165, 1.54) is 25.7 Å². The Balaban J connectivity index is 2.09. The molecule has 0 unspecified atom stereocenters. The first-order valence-electron chi connectivity index (χ1n) is 8.72.